The van der Waals surface area contributed by atoms with Gasteiger partial charge in [-0.3, -0.25) is 0 Å². The molecule has 3 aromatic rings. The van der Waals surface area contributed by atoms with Crippen LogP contribution in [0, 0.1) is 6.92 Å². The third-order valence-corrected chi connectivity index (χ3v) is 3.12. The van der Waals surface area contributed by atoms with Crippen LogP contribution in [-0.4, -0.2) is 27.0 Å². The Bertz CT molecular complexity index is 714. The predicted octanol–water partition coefficient (Wildman–Crippen LogP) is 2.01. The van der Waals surface area contributed by atoms with E-state index in [1.54, 1.807) is 10.9 Å². The molecule has 108 valence electrons. The van der Waals surface area contributed by atoms with Crippen molar-refractivity contribution < 1.29 is 4.42 Å². The number of hydrogen-bond donors (Lipinski definition) is 1. The van der Waals surface area contributed by atoms with Crippen molar-refractivity contribution in [2.75, 3.05) is 7.05 Å². The number of oxazole rings is 1. The van der Waals surface area contributed by atoms with Crippen LogP contribution in [0.25, 0.3) is 11.5 Å². The standard InChI is InChI=1S/C15H17N5O/c1-11-3-5-12(6-4-11)15-17-14(10-21-15)9-20-8-13(7-16-2)18-19-20/h3-6,8,10,16H,7,9H2,1-2H3. The van der Waals surface area contributed by atoms with Crippen molar-refractivity contribution in [3.63, 3.8) is 0 Å². The fraction of sp³-hybridized carbons (Fsp3) is 0.267. The highest BCUT2D eigenvalue weighted by Gasteiger charge is 2.08. The highest BCUT2D eigenvalue weighted by Crippen LogP contribution is 2.19. The minimum atomic E-state index is 0.548. The Labute approximate surface area is 122 Å². The van der Waals surface area contributed by atoms with Gasteiger partial charge >= 0.3 is 0 Å². The molecule has 2 heterocycles. The van der Waals surface area contributed by atoms with E-state index in [4.69, 9.17) is 4.42 Å². The average molecular weight is 283 g/mol. The lowest BCUT2D eigenvalue weighted by atomic mass is 10.1. The molecule has 0 radical (unpaired) electrons. The summed E-state index contributed by atoms with van der Waals surface area (Å²) in [5, 5.41) is 11.2. The zero-order valence-electron chi connectivity index (χ0n) is 12.1. The van der Waals surface area contributed by atoms with Crippen LogP contribution in [0.15, 0.2) is 41.1 Å². The molecule has 0 aliphatic heterocycles. The molecular formula is C15H17N5O. The minimum Gasteiger partial charge on any atom is -0.444 e. The van der Waals surface area contributed by atoms with Gasteiger partial charge in [0.25, 0.3) is 0 Å². The molecule has 0 aliphatic rings. The molecule has 2 aromatic heterocycles. The fourth-order valence-electron chi connectivity index (χ4n) is 2.05. The first-order valence-corrected chi connectivity index (χ1v) is 6.79. The highest BCUT2D eigenvalue weighted by atomic mass is 16.3. The number of rotatable bonds is 5. The van der Waals surface area contributed by atoms with E-state index in [0.717, 1.165) is 17.0 Å². The van der Waals surface area contributed by atoms with Gasteiger partial charge in [0.1, 0.15) is 12.0 Å². The van der Waals surface area contributed by atoms with E-state index in [9.17, 15) is 0 Å². The van der Waals surface area contributed by atoms with Crippen molar-refractivity contribution in [2.24, 2.45) is 0 Å². The lowest BCUT2D eigenvalue weighted by molar-refractivity contribution is 0.568. The highest BCUT2D eigenvalue weighted by molar-refractivity contribution is 5.53. The van der Waals surface area contributed by atoms with Crippen molar-refractivity contribution in [1.29, 1.82) is 0 Å². The Morgan fingerprint density at radius 3 is 2.76 bits per heavy atom. The summed E-state index contributed by atoms with van der Waals surface area (Å²) in [5.74, 6) is 0.626. The van der Waals surface area contributed by atoms with Gasteiger partial charge in [-0.05, 0) is 26.1 Å². The summed E-state index contributed by atoms with van der Waals surface area (Å²) >= 11 is 0. The normalized spacial score (nSPS) is 11.0. The maximum absolute atomic E-state index is 5.53. The molecule has 6 nitrogen and oxygen atoms in total. The van der Waals surface area contributed by atoms with Crippen molar-refractivity contribution in [2.45, 2.75) is 20.0 Å². The summed E-state index contributed by atoms with van der Waals surface area (Å²) in [6, 6.07) is 8.10. The quantitative estimate of drug-likeness (QED) is 0.775. The van der Waals surface area contributed by atoms with E-state index in [2.05, 4.69) is 27.5 Å². The third kappa shape index (κ3) is 3.17. The Morgan fingerprint density at radius 2 is 2.00 bits per heavy atom. The van der Waals surface area contributed by atoms with E-state index >= 15 is 0 Å². The summed E-state index contributed by atoms with van der Waals surface area (Å²) in [5.41, 5.74) is 3.91. The average Bonchev–Trinajstić information content (AvgIpc) is 3.11. The number of benzene rings is 1. The second-order valence-electron chi connectivity index (χ2n) is 4.95. The van der Waals surface area contributed by atoms with E-state index in [-0.39, 0.29) is 0 Å². The molecule has 0 amide bonds. The van der Waals surface area contributed by atoms with E-state index in [1.807, 2.05) is 37.5 Å². The first-order chi connectivity index (χ1) is 10.2. The van der Waals surface area contributed by atoms with Gasteiger partial charge in [0.2, 0.25) is 5.89 Å². The monoisotopic (exact) mass is 283 g/mol. The van der Waals surface area contributed by atoms with Gasteiger partial charge in [-0.25, -0.2) is 9.67 Å². The zero-order chi connectivity index (χ0) is 14.7. The Balaban J connectivity index is 1.73. The largest absolute Gasteiger partial charge is 0.444 e. The molecule has 0 bridgehead atoms. The first-order valence-electron chi connectivity index (χ1n) is 6.79. The molecule has 0 unspecified atom stereocenters. The van der Waals surface area contributed by atoms with Gasteiger partial charge in [-0.1, -0.05) is 22.9 Å². The van der Waals surface area contributed by atoms with Gasteiger partial charge in [0, 0.05) is 12.1 Å². The maximum Gasteiger partial charge on any atom is 0.226 e. The fourth-order valence-corrected chi connectivity index (χ4v) is 2.05. The molecule has 21 heavy (non-hydrogen) atoms. The van der Waals surface area contributed by atoms with E-state index in [1.165, 1.54) is 5.56 Å². The third-order valence-electron chi connectivity index (χ3n) is 3.12. The topological polar surface area (TPSA) is 68.8 Å². The molecule has 1 aromatic carbocycles. The second-order valence-corrected chi connectivity index (χ2v) is 4.95. The summed E-state index contributed by atoms with van der Waals surface area (Å²) < 4.78 is 7.29. The van der Waals surface area contributed by atoms with Crippen LogP contribution in [0.2, 0.25) is 0 Å². The summed E-state index contributed by atoms with van der Waals surface area (Å²) in [6.45, 7) is 3.30. The number of aromatic nitrogens is 4. The lowest BCUT2D eigenvalue weighted by Gasteiger charge is -1.96. The van der Waals surface area contributed by atoms with Gasteiger partial charge in [-0.2, -0.15) is 0 Å². The minimum absolute atomic E-state index is 0.548. The van der Waals surface area contributed by atoms with Crippen molar-refractivity contribution in [3.8, 4) is 11.5 Å². The van der Waals surface area contributed by atoms with Crippen LogP contribution in [0.3, 0.4) is 0 Å². The maximum atomic E-state index is 5.53. The van der Waals surface area contributed by atoms with Gasteiger partial charge in [-0.15, -0.1) is 5.10 Å². The molecule has 1 N–H and O–H groups in total. The summed E-state index contributed by atoms with van der Waals surface area (Å²) in [6.07, 6.45) is 3.56. The molecule has 0 saturated heterocycles. The molecular weight excluding hydrogens is 266 g/mol. The van der Waals surface area contributed by atoms with Crippen LogP contribution in [0.1, 0.15) is 17.0 Å². The number of nitrogens with one attached hydrogen (secondary N) is 1. The Morgan fingerprint density at radius 1 is 1.19 bits per heavy atom. The van der Waals surface area contributed by atoms with E-state index < -0.39 is 0 Å². The number of aryl methyl sites for hydroxylation is 1. The van der Waals surface area contributed by atoms with Crippen LogP contribution >= 0.6 is 0 Å². The van der Waals surface area contributed by atoms with Crippen molar-refractivity contribution in [1.82, 2.24) is 25.3 Å². The second kappa shape index (κ2) is 5.88. The molecule has 3 rings (SSSR count). The molecule has 0 saturated carbocycles. The van der Waals surface area contributed by atoms with Crippen LogP contribution in [0.4, 0.5) is 0 Å². The smallest absolute Gasteiger partial charge is 0.226 e. The predicted molar refractivity (Wildman–Crippen MR) is 78.6 cm³/mol. The van der Waals surface area contributed by atoms with Crippen molar-refractivity contribution in [3.05, 3.63) is 53.7 Å². The van der Waals surface area contributed by atoms with Crippen LogP contribution < -0.4 is 5.32 Å². The Kier molecular flexibility index (Phi) is 3.79. The van der Waals surface area contributed by atoms with Gasteiger partial charge < -0.3 is 9.73 Å². The molecule has 0 fully saturated rings. The van der Waals surface area contributed by atoms with Crippen LogP contribution in [-0.2, 0) is 13.1 Å². The van der Waals surface area contributed by atoms with E-state index in [0.29, 0.717) is 19.0 Å². The molecule has 6 heteroatoms. The number of hydrogen-bond acceptors (Lipinski definition) is 5. The Hall–Kier alpha value is -2.47. The zero-order valence-corrected chi connectivity index (χ0v) is 12.1. The van der Waals surface area contributed by atoms with Crippen LogP contribution in [0.5, 0.6) is 0 Å². The number of nitrogens with zero attached hydrogens (tertiary/aromatic N) is 4. The SMILES string of the molecule is CNCc1cn(Cc2coc(-c3ccc(C)cc3)n2)nn1. The lowest BCUT2D eigenvalue weighted by Crippen LogP contribution is -2.05. The molecule has 0 spiro atoms. The first kappa shape index (κ1) is 13.5. The van der Waals surface area contributed by atoms with Crippen molar-refractivity contribution >= 4 is 0 Å². The summed E-state index contributed by atoms with van der Waals surface area (Å²) in [7, 11) is 1.88. The van der Waals surface area contributed by atoms with Gasteiger partial charge in [0.15, 0.2) is 0 Å². The molecule has 0 aliphatic carbocycles. The molecule has 0 atom stereocenters. The summed E-state index contributed by atoms with van der Waals surface area (Å²) in [4.78, 5) is 4.49. The van der Waals surface area contributed by atoms with Gasteiger partial charge in [0.05, 0.1) is 18.4 Å².